The molecule has 0 saturated heterocycles. The molecule has 0 saturated carbocycles. The molecule has 7 nitrogen and oxygen atoms in total. The van der Waals surface area contributed by atoms with Crippen molar-refractivity contribution in [2.24, 2.45) is 0 Å². The SMILES string of the molecule is CCOc1ccc(NS(=O)(=O)c2ccc(OCC(=O)Nc3c(C)cc(Br)cc3CC)c(C)c2)cc1. The molecule has 0 unspecified atom stereocenters. The number of carbonyl (C=O) groups is 1. The fourth-order valence-corrected chi connectivity index (χ4v) is 5.30. The van der Waals surface area contributed by atoms with Crippen molar-refractivity contribution in [3.63, 3.8) is 0 Å². The van der Waals surface area contributed by atoms with Crippen LogP contribution in [0.4, 0.5) is 11.4 Å². The Morgan fingerprint density at radius 2 is 1.66 bits per heavy atom. The van der Waals surface area contributed by atoms with E-state index >= 15 is 0 Å². The topological polar surface area (TPSA) is 93.7 Å². The molecule has 9 heteroatoms. The van der Waals surface area contributed by atoms with Gasteiger partial charge in [0.05, 0.1) is 11.5 Å². The lowest BCUT2D eigenvalue weighted by Gasteiger charge is -2.15. The first-order valence-electron chi connectivity index (χ1n) is 11.2. The molecule has 0 radical (unpaired) electrons. The lowest BCUT2D eigenvalue weighted by molar-refractivity contribution is -0.118. The summed E-state index contributed by atoms with van der Waals surface area (Å²) in [6.45, 7) is 7.91. The number of aryl methyl sites for hydroxylation is 3. The van der Waals surface area contributed by atoms with E-state index in [1.54, 1.807) is 37.3 Å². The Labute approximate surface area is 215 Å². The molecule has 0 heterocycles. The average Bonchev–Trinajstić information content (AvgIpc) is 2.81. The first kappa shape index (κ1) is 26.6. The van der Waals surface area contributed by atoms with Crippen LogP contribution in [0.5, 0.6) is 11.5 Å². The summed E-state index contributed by atoms with van der Waals surface area (Å²) in [4.78, 5) is 12.6. The number of ether oxygens (including phenoxy) is 2. The molecule has 0 aromatic heterocycles. The van der Waals surface area contributed by atoms with Crippen LogP contribution in [-0.4, -0.2) is 27.5 Å². The second-order valence-electron chi connectivity index (χ2n) is 7.94. The standard InChI is InChI=1S/C26H29BrN2O5S/c1-5-19-15-20(27)13-18(4)26(19)28-25(30)16-34-24-12-11-23(14-17(24)3)35(31,32)29-21-7-9-22(10-8-21)33-6-2/h7-15,29H,5-6,16H2,1-4H3,(H,28,30). The van der Waals surface area contributed by atoms with Crippen LogP contribution in [0, 0.1) is 13.8 Å². The highest BCUT2D eigenvalue weighted by atomic mass is 79.9. The van der Waals surface area contributed by atoms with E-state index in [4.69, 9.17) is 9.47 Å². The van der Waals surface area contributed by atoms with Crippen molar-refractivity contribution in [3.8, 4) is 11.5 Å². The highest BCUT2D eigenvalue weighted by molar-refractivity contribution is 9.10. The summed E-state index contributed by atoms with van der Waals surface area (Å²) in [7, 11) is -3.80. The molecule has 35 heavy (non-hydrogen) atoms. The number of amides is 1. The number of anilines is 2. The smallest absolute Gasteiger partial charge is 0.262 e. The summed E-state index contributed by atoms with van der Waals surface area (Å²) >= 11 is 3.48. The molecule has 0 aliphatic heterocycles. The molecular weight excluding hydrogens is 532 g/mol. The molecule has 0 bridgehead atoms. The minimum absolute atomic E-state index is 0.0961. The van der Waals surface area contributed by atoms with E-state index in [1.807, 2.05) is 32.9 Å². The third-order valence-corrected chi connectivity index (χ3v) is 7.10. The number of hydrogen-bond acceptors (Lipinski definition) is 5. The summed E-state index contributed by atoms with van der Waals surface area (Å²) in [5.74, 6) is 0.805. The Kier molecular flexibility index (Phi) is 8.80. The van der Waals surface area contributed by atoms with Gasteiger partial charge >= 0.3 is 0 Å². The van der Waals surface area contributed by atoms with E-state index < -0.39 is 10.0 Å². The van der Waals surface area contributed by atoms with Gasteiger partial charge < -0.3 is 14.8 Å². The van der Waals surface area contributed by atoms with Gasteiger partial charge in [-0.3, -0.25) is 9.52 Å². The molecule has 3 aromatic carbocycles. The zero-order valence-electron chi connectivity index (χ0n) is 20.1. The first-order chi connectivity index (χ1) is 16.6. The molecule has 3 rings (SSSR count). The number of benzene rings is 3. The van der Waals surface area contributed by atoms with Gasteiger partial charge in [0, 0.05) is 15.8 Å². The van der Waals surface area contributed by atoms with E-state index in [0.717, 1.165) is 27.7 Å². The summed E-state index contributed by atoms with van der Waals surface area (Å²) in [5, 5.41) is 2.92. The monoisotopic (exact) mass is 560 g/mol. The molecular formula is C26H29BrN2O5S. The Balaban J connectivity index is 1.65. The summed E-state index contributed by atoms with van der Waals surface area (Å²) in [6, 6.07) is 15.1. The molecule has 0 spiro atoms. The summed E-state index contributed by atoms with van der Waals surface area (Å²) < 4.78 is 40.2. The van der Waals surface area contributed by atoms with Crippen LogP contribution in [0.2, 0.25) is 0 Å². The van der Waals surface area contributed by atoms with E-state index in [2.05, 4.69) is 26.0 Å². The molecule has 0 atom stereocenters. The van der Waals surface area contributed by atoms with Gasteiger partial charge in [0.2, 0.25) is 0 Å². The van der Waals surface area contributed by atoms with Crippen LogP contribution < -0.4 is 19.5 Å². The molecule has 1 amide bonds. The van der Waals surface area contributed by atoms with Crippen LogP contribution in [0.1, 0.15) is 30.5 Å². The van der Waals surface area contributed by atoms with Crippen LogP contribution in [0.15, 0.2) is 64.0 Å². The predicted octanol–water partition coefficient (Wildman–Crippen LogP) is 5.85. The van der Waals surface area contributed by atoms with Gasteiger partial charge in [0.15, 0.2) is 6.61 Å². The van der Waals surface area contributed by atoms with Gasteiger partial charge in [-0.25, -0.2) is 8.42 Å². The number of hydrogen-bond donors (Lipinski definition) is 2. The van der Waals surface area contributed by atoms with Gasteiger partial charge in [-0.2, -0.15) is 0 Å². The predicted molar refractivity (Wildman–Crippen MR) is 142 cm³/mol. The van der Waals surface area contributed by atoms with Crippen molar-refractivity contribution in [3.05, 3.63) is 75.8 Å². The number of halogens is 1. The molecule has 2 N–H and O–H groups in total. The maximum absolute atomic E-state index is 12.8. The van der Waals surface area contributed by atoms with Gasteiger partial charge in [-0.15, -0.1) is 0 Å². The van der Waals surface area contributed by atoms with Crippen LogP contribution in [0.25, 0.3) is 0 Å². The third kappa shape index (κ3) is 6.99. The van der Waals surface area contributed by atoms with Crippen molar-refractivity contribution >= 4 is 43.2 Å². The highest BCUT2D eigenvalue weighted by Crippen LogP contribution is 2.27. The number of nitrogens with one attached hydrogen (secondary N) is 2. The normalized spacial score (nSPS) is 11.1. The van der Waals surface area contributed by atoms with Gasteiger partial charge in [-0.1, -0.05) is 22.9 Å². The lowest BCUT2D eigenvalue weighted by Crippen LogP contribution is -2.22. The van der Waals surface area contributed by atoms with Crippen molar-refractivity contribution in [1.82, 2.24) is 0 Å². The summed E-state index contributed by atoms with van der Waals surface area (Å²) in [6.07, 6.45) is 0.774. The number of carbonyl (C=O) groups excluding carboxylic acids is 1. The number of rotatable bonds is 10. The average molecular weight is 561 g/mol. The van der Waals surface area contributed by atoms with Gasteiger partial charge in [-0.05, 0) is 98.5 Å². The Morgan fingerprint density at radius 1 is 0.943 bits per heavy atom. The van der Waals surface area contributed by atoms with Gasteiger partial charge in [0.25, 0.3) is 15.9 Å². The van der Waals surface area contributed by atoms with E-state index in [1.165, 1.54) is 12.1 Å². The lowest BCUT2D eigenvalue weighted by atomic mass is 10.1. The maximum Gasteiger partial charge on any atom is 0.262 e. The fourth-order valence-electron chi connectivity index (χ4n) is 3.54. The van der Waals surface area contributed by atoms with E-state index in [0.29, 0.717) is 29.4 Å². The minimum Gasteiger partial charge on any atom is -0.494 e. The second-order valence-corrected chi connectivity index (χ2v) is 10.5. The van der Waals surface area contributed by atoms with Crippen molar-refractivity contribution in [2.45, 2.75) is 39.0 Å². The highest BCUT2D eigenvalue weighted by Gasteiger charge is 2.17. The van der Waals surface area contributed by atoms with Crippen molar-refractivity contribution < 1.29 is 22.7 Å². The molecule has 0 aliphatic rings. The zero-order chi connectivity index (χ0) is 25.6. The Hall–Kier alpha value is -3.04. The van der Waals surface area contributed by atoms with Gasteiger partial charge in [0.1, 0.15) is 11.5 Å². The quantitative estimate of drug-likeness (QED) is 0.324. The van der Waals surface area contributed by atoms with Crippen molar-refractivity contribution in [2.75, 3.05) is 23.3 Å². The van der Waals surface area contributed by atoms with E-state index in [-0.39, 0.29) is 17.4 Å². The summed E-state index contributed by atoms with van der Waals surface area (Å²) in [5.41, 5.74) is 3.79. The Bertz CT molecular complexity index is 1310. The third-order valence-electron chi connectivity index (χ3n) is 5.26. The molecule has 0 aliphatic carbocycles. The Morgan fingerprint density at radius 3 is 2.29 bits per heavy atom. The van der Waals surface area contributed by atoms with Crippen LogP contribution in [-0.2, 0) is 21.2 Å². The van der Waals surface area contributed by atoms with E-state index in [9.17, 15) is 13.2 Å². The maximum atomic E-state index is 12.8. The number of sulfonamides is 1. The fraction of sp³-hybridized carbons (Fsp3) is 0.269. The molecule has 186 valence electrons. The first-order valence-corrected chi connectivity index (χ1v) is 13.5. The molecule has 3 aromatic rings. The second kappa shape index (κ2) is 11.6. The molecule has 0 fully saturated rings. The van der Waals surface area contributed by atoms with Crippen molar-refractivity contribution in [1.29, 1.82) is 0 Å². The van der Waals surface area contributed by atoms with Crippen LogP contribution >= 0.6 is 15.9 Å². The zero-order valence-corrected chi connectivity index (χ0v) is 22.5. The minimum atomic E-state index is -3.80. The van der Waals surface area contributed by atoms with Crippen LogP contribution in [0.3, 0.4) is 0 Å². The largest absolute Gasteiger partial charge is 0.494 e.